The minimum atomic E-state index is 0.183. The zero-order valence-electron chi connectivity index (χ0n) is 13.6. The van der Waals surface area contributed by atoms with E-state index in [0.717, 1.165) is 38.4 Å². The molecule has 0 atom stereocenters. The van der Waals surface area contributed by atoms with E-state index in [1.54, 1.807) is 0 Å². The lowest BCUT2D eigenvalue weighted by atomic mass is 9.97. The first-order chi connectivity index (χ1) is 10.6. The molecule has 0 radical (unpaired) electrons. The first-order valence-electron chi connectivity index (χ1n) is 8.05. The second-order valence-corrected chi connectivity index (χ2v) is 6.75. The van der Waals surface area contributed by atoms with Gasteiger partial charge in [-0.2, -0.15) is 0 Å². The van der Waals surface area contributed by atoms with E-state index in [9.17, 15) is 0 Å². The lowest BCUT2D eigenvalue weighted by Gasteiger charge is -2.47. The summed E-state index contributed by atoms with van der Waals surface area (Å²) in [4.78, 5) is 9.56. The molecule has 116 valence electrons. The molecule has 1 aromatic carbocycles. The second kappa shape index (κ2) is 6.59. The van der Waals surface area contributed by atoms with Crippen LogP contribution in [0.5, 0.6) is 0 Å². The molecular formula is C19H25N3. The third-order valence-electron chi connectivity index (χ3n) is 4.48. The Balaban J connectivity index is 1.62. The molecule has 1 saturated heterocycles. The van der Waals surface area contributed by atoms with Crippen LogP contribution in [0.3, 0.4) is 0 Å². The molecule has 3 nitrogen and oxygen atoms in total. The van der Waals surface area contributed by atoms with Gasteiger partial charge in [-0.1, -0.05) is 36.4 Å². The SMILES string of the molecule is CC1(C)CN(Cc2ccccn2)CCN1Cc1ccccc1. The molecule has 22 heavy (non-hydrogen) atoms. The van der Waals surface area contributed by atoms with Gasteiger partial charge in [0.2, 0.25) is 0 Å². The number of piperazine rings is 1. The fraction of sp³-hybridized carbons (Fsp3) is 0.421. The molecule has 1 aromatic heterocycles. The molecule has 3 rings (SSSR count). The quantitative estimate of drug-likeness (QED) is 0.863. The van der Waals surface area contributed by atoms with E-state index >= 15 is 0 Å². The molecule has 0 N–H and O–H groups in total. The van der Waals surface area contributed by atoms with E-state index in [0.29, 0.717) is 0 Å². The monoisotopic (exact) mass is 295 g/mol. The molecule has 3 heteroatoms. The maximum Gasteiger partial charge on any atom is 0.0543 e. The fourth-order valence-electron chi connectivity index (χ4n) is 3.24. The average molecular weight is 295 g/mol. The zero-order chi connectivity index (χ0) is 15.4. The van der Waals surface area contributed by atoms with Crippen LogP contribution in [0.1, 0.15) is 25.1 Å². The Bertz CT molecular complexity index is 580. The van der Waals surface area contributed by atoms with E-state index in [1.165, 1.54) is 5.56 Å². The molecule has 0 aliphatic carbocycles. The molecule has 0 amide bonds. The Morgan fingerprint density at radius 3 is 2.41 bits per heavy atom. The smallest absolute Gasteiger partial charge is 0.0543 e. The number of hydrogen-bond donors (Lipinski definition) is 0. The minimum absolute atomic E-state index is 0.183. The molecule has 1 aliphatic rings. The highest BCUT2D eigenvalue weighted by Gasteiger charge is 2.33. The Hall–Kier alpha value is -1.71. The van der Waals surface area contributed by atoms with Crippen LogP contribution in [0, 0.1) is 0 Å². The summed E-state index contributed by atoms with van der Waals surface area (Å²) in [5.74, 6) is 0. The summed E-state index contributed by atoms with van der Waals surface area (Å²) in [7, 11) is 0. The first kappa shape index (κ1) is 15.2. The third-order valence-corrected chi connectivity index (χ3v) is 4.48. The summed E-state index contributed by atoms with van der Waals surface area (Å²) in [6, 6.07) is 16.9. The highest BCUT2D eigenvalue weighted by Crippen LogP contribution is 2.24. The van der Waals surface area contributed by atoms with Crippen LogP contribution in [0.15, 0.2) is 54.7 Å². The first-order valence-corrected chi connectivity index (χ1v) is 8.05. The van der Waals surface area contributed by atoms with Gasteiger partial charge >= 0.3 is 0 Å². The number of pyridine rings is 1. The zero-order valence-corrected chi connectivity index (χ0v) is 13.6. The van der Waals surface area contributed by atoms with Crippen LogP contribution >= 0.6 is 0 Å². The van der Waals surface area contributed by atoms with Crippen LogP contribution in [0.2, 0.25) is 0 Å². The predicted molar refractivity (Wildman–Crippen MR) is 90.4 cm³/mol. The van der Waals surface area contributed by atoms with Crippen molar-refractivity contribution in [3.05, 3.63) is 66.0 Å². The number of hydrogen-bond acceptors (Lipinski definition) is 3. The second-order valence-electron chi connectivity index (χ2n) is 6.75. The molecule has 1 aliphatic heterocycles. The maximum absolute atomic E-state index is 4.45. The van der Waals surface area contributed by atoms with Crippen molar-refractivity contribution in [2.24, 2.45) is 0 Å². The molecule has 1 fully saturated rings. The van der Waals surface area contributed by atoms with E-state index in [2.05, 4.69) is 71.1 Å². The highest BCUT2D eigenvalue weighted by atomic mass is 15.3. The van der Waals surface area contributed by atoms with Crippen molar-refractivity contribution in [2.45, 2.75) is 32.5 Å². The Morgan fingerprint density at radius 2 is 1.73 bits per heavy atom. The molecule has 0 spiro atoms. The molecular weight excluding hydrogens is 270 g/mol. The summed E-state index contributed by atoms with van der Waals surface area (Å²) < 4.78 is 0. The van der Waals surface area contributed by atoms with Gasteiger partial charge in [0.1, 0.15) is 0 Å². The van der Waals surface area contributed by atoms with Gasteiger partial charge in [0, 0.05) is 44.5 Å². The normalized spacial score (nSPS) is 19.2. The van der Waals surface area contributed by atoms with E-state index < -0.39 is 0 Å². The molecule has 2 aromatic rings. The van der Waals surface area contributed by atoms with Crippen LogP contribution in [0.4, 0.5) is 0 Å². The van der Waals surface area contributed by atoms with Crippen LogP contribution < -0.4 is 0 Å². The van der Waals surface area contributed by atoms with Crippen molar-refractivity contribution < 1.29 is 0 Å². The lowest BCUT2D eigenvalue weighted by molar-refractivity contribution is 0.00983. The summed E-state index contributed by atoms with van der Waals surface area (Å²) in [6.07, 6.45) is 1.88. The van der Waals surface area contributed by atoms with Gasteiger partial charge in [-0.3, -0.25) is 14.8 Å². The van der Waals surface area contributed by atoms with E-state index in [-0.39, 0.29) is 5.54 Å². The largest absolute Gasteiger partial charge is 0.294 e. The van der Waals surface area contributed by atoms with Crippen molar-refractivity contribution in [3.63, 3.8) is 0 Å². The number of aromatic nitrogens is 1. The molecule has 2 heterocycles. The number of benzene rings is 1. The highest BCUT2D eigenvalue weighted by molar-refractivity contribution is 5.15. The van der Waals surface area contributed by atoms with Gasteiger partial charge in [0.25, 0.3) is 0 Å². The van der Waals surface area contributed by atoms with Crippen molar-refractivity contribution in [1.29, 1.82) is 0 Å². The standard InChI is InChI=1S/C19H25N3/c1-19(2)16-21(15-18-10-6-7-11-20-18)12-13-22(19)14-17-8-4-3-5-9-17/h3-11H,12-16H2,1-2H3. The summed E-state index contributed by atoms with van der Waals surface area (Å²) in [5, 5.41) is 0. The number of rotatable bonds is 4. The third kappa shape index (κ3) is 3.73. The van der Waals surface area contributed by atoms with Gasteiger partial charge in [-0.15, -0.1) is 0 Å². The van der Waals surface area contributed by atoms with Crippen molar-refractivity contribution in [1.82, 2.24) is 14.8 Å². The summed E-state index contributed by atoms with van der Waals surface area (Å²) >= 11 is 0. The fourth-order valence-corrected chi connectivity index (χ4v) is 3.24. The van der Waals surface area contributed by atoms with Crippen molar-refractivity contribution in [2.75, 3.05) is 19.6 Å². The van der Waals surface area contributed by atoms with Gasteiger partial charge in [0.15, 0.2) is 0 Å². The molecule has 0 unspecified atom stereocenters. The van der Waals surface area contributed by atoms with Crippen molar-refractivity contribution >= 4 is 0 Å². The van der Waals surface area contributed by atoms with E-state index in [1.807, 2.05) is 12.3 Å². The maximum atomic E-state index is 4.45. The van der Waals surface area contributed by atoms with Crippen LogP contribution in [0.25, 0.3) is 0 Å². The average Bonchev–Trinajstić information content (AvgIpc) is 2.52. The minimum Gasteiger partial charge on any atom is -0.294 e. The Morgan fingerprint density at radius 1 is 0.955 bits per heavy atom. The molecule has 0 bridgehead atoms. The Labute approximate surface area is 133 Å². The lowest BCUT2D eigenvalue weighted by Crippen LogP contribution is -2.58. The van der Waals surface area contributed by atoms with Gasteiger partial charge in [0.05, 0.1) is 5.69 Å². The van der Waals surface area contributed by atoms with Gasteiger partial charge < -0.3 is 0 Å². The Kier molecular flexibility index (Phi) is 4.55. The van der Waals surface area contributed by atoms with Crippen molar-refractivity contribution in [3.8, 4) is 0 Å². The number of nitrogens with zero attached hydrogens (tertiary/aromatic N) is 3. The van der Waals surface area contributed by atoms with Crippen LogP contribution in [-0.2, 0) is 13.1 Å². The van der Waals surface area contributed by atoms with E-state index in [4.69, 9.17) is 0 Å². The molecule has 0 saturated carbocycles. The van der Waals surface area contributed by atoms with Gasteiger partial charge in [-0.25, -0.2) is 0 Å². The predicted octanol–water partition coefficient (Wildman–Crippen LogP) is 3.18. The topological polar surface area (TPSA) is 19.4 Å². The summed E-state index contributed by atoms with van der Waals surface area (Å²) in [5.41, 5.74) is 2.74. The van der Waals surface area contributed by atoms with Gasteiger partial charge in [-0.05, 0) is 31.5 Å². The van der Waals surface area contributed by atoms with Crippen LogP contribution in [-0.4, -0.2) is 40.0 Å². The summed E-state index contributed by atoms with van der Waals surface area (Å²) in [6.45, 7) is 9.97.